The Hall–Kier alpha value is -1.68. The van der Waals surface area contributed by atoms with Gasteiger partial charge in [-0.1, -0.05) is 90.7 Å². The average Bonchev–Trinajstić information content (AvgIpc) is 2.77. The van der Waals surface area contributed by atoms with Gasteiger partial charge in [-0.15, -0.1) is 0 Å². The number of aromatic nitrogens is 2. The molecule has 0 atom stereocenters. The Balaban J connectivity index is 1.89. The molecule has 0 bridgehead atoms. The van der Waals surface area contributed by atoms with E-state index >= 15 is 0 Å². The third-order valence-corrected chi connectivity index (χ3v) is 6.22. The molecule has 0 saturated heterocycles. The van der Waals surface area contributed by atoms with Crippen LogP contribution < -0.4 is 5.56 Å². The summed E-state index contributed by atoms with van der Waals surface area (Å²) in [5.41, 5.74) is 2.75. The topological polar surface area (TPSA) is 38.1 Å². The van der Waals surface area contributed by atoms with E-state index in [9.17, 15) is 4.79 Å². The van der Waals surface area contributed by atoms with Crippen molar-refractivity contribution in [3.05, 3.63) is 40.3 Å². The second-order valence-electron chi connectivity index (χ2n) is 8.46. The number of para-hydroxylation sites is 2. The molecule has 1 aromatic carbocycles. The molecule has 2 rings (SSSR count). The van der Waals surface area contributed by atoms with Crippen molar-refractivity contribution in [3.8, 4) is 0 Å². The quantitative estimate of drug-likeness (QED) is 0.307. The van der Waals surface area contributed by atoms with Crippen LogP contribution in [0.1, 0.15) is 90.7 Å². The van der Waals surface area contributed by atoms with Gasteiger partial charge in [0, 0.05) is 13.1 Å². The van der Waals surface area contributed by atoms with Gasteiger partial charge >= 0.3 is 0 Å². The number of benzene rings is 1. The SMILES string of the molecule is CCCCCCCCCCCCc1nc2ccccc2n(CCN(CC)CC)c1=O. The zero-order chi connectivity index (χ0) is 21.6. The van der Waals surface area contributed by atoms with Crippen molar-refractivity contribution in [2.75, 3.05) is 19.6 Å². The summed E-state index contributed by atoms with van der Waals surface area (Å²) in [6.45, 7) is 10.3. The fourth-order valence-corrected chi connectivity index (χ4v) is 4.19. The van der Waals surface area contributed by atoms with Gasteiger partial charge in [-0.25, -0.2) is 4.98 Å². The summed E-state index contributed by atoms with van der Waals surface area (Å²) in [5.74, 6) is 0. The van der Waals surface area contributed by atoms with Crippen LogP contribution in [0, 0.1) is 0 Å². The third-order valence-electron chi connectivity index (χ3n) is 6.22. The molecule has 0 saturated carbocycles. The lowest BCUT2D eigenvalue weighted by Gasteiger charge is -2.20. The van der Waals surface area contributed by atoms with Gasteiger partial charge in [0.1, 0.15) is 5.69 Å². The maximum Gasteiger partial charge on any atom is 0.272 e. The minimum absolute atomic E-state index is 0.108. The molecule has 30 heavy (non-hydrogen) atoms. The highest BCUT2D eigenvalue weighted by Gasteiger charge is 2.11. The van der Waals surface area contributed by atoms with E-state index < -0.39 is 0 Å². The summed E-state index contributed by atoms with van der Waals surface area (Å²) >= 11 is 0. The van der Waals surface area contributed by atoms with Crippen molar-refractivity contribution in [3.63, 3.8) is 0 Å². The summed E-state index contributed by atoms with van der Waals surface area (Å²) in [6.07, 6.45) is 13.9. The molecule has 4 heteroatoms. The minimum atomic E-state index is 0.108. The van der Waals surface area contributed by atoms with Crippen LogP contribution in [-0.4, -0.2) is 34.1 Å². The first kappa shape index (κ1) is 24.6. The van der Waals surface area contributed by atoms with Crippen molar-refractivity contribution in [2.45, 2.75) is 97.9 Å². The summed E-state index contributed by atoms with van der Waals surface area (Å²) in [5, 5.41) is 0. The molecule has 0 fully saturated rings. The van der Waals surface area contributed by atoms with Crippen molar-refractivity contribution in [1.29, 1.82) is 0 Å². The average molecular weight is 414 g/mol. The highest BCUT2D eigenvalue weighted by molar-refractivity contribution is 5.74. The van der Waals surface area contributed by atoms with Crippen LogP contribution in [0.15, 0.2) is 29.1 Å². The van der Waals surface area contributed by atoms with Gasteiger partial charge in [0.25, 0.3) is 5.56 Å². The number of aryl methyl sites for hydroxylation is 1. The lowest BCUT2D eigenvalue weighted by atomic mass is 10.1. The van der Waals surface area contributed by atoms with E-state index in [0.717, 1.165) is 55.7 Å². The predicted molar refractivity (Wildman–Crippen MR) is 129 cm³/mol. The summed E-state index contributed by atoms with van der Waals surface area (Å²) in [6, 6.07) is 8.07. The van der Waals surface area contributed by atoms with Gasteiger partial charge in [0.15, 0.2) is 0 Å². The van der Waals surface area contributed by atoms with Crippen LogP contribution in [0.25, 0.3) is 11.0 Å². The first-order valence-electron chi connectivity index (χ1n) is 12.4. The molecule has 0 N–H and O–H groups in total. The van der Waals surface area contributed by atoms with Crippen LogP contribution in [0.4, 0.5) is 0 Å². The number of unbranched alkanes of at least 4 members (excludes halogenated alkanes) is 9. The maximum atomic E-state index is 13.1. The second-order valence-corrected chi connectivity index (χ2v) is 8.46. The van der Waals surface area contributed by atoms with Crippen LogP contribution in [-0.2, 0) is 13.0 Å². The van der Waals surface area contributed by atoms with Crippen LogP contribution in [0.3, 0.4) is 0 Å². The van der Waals surface area contributed by atoms with E-state index in [4.69, 9.17) is 4.98 Å². The number of likely N-dealkylation sites (N-methyl/N-ethyl adjacent to an activating group) is 1. The fraction of sp³-hybridized carbons (Fsp3) is 0.692. The molecule has 168 valence electrons. The number of nitrogens with zero attached hydrogens (tertiary/aromatic N) is 3. The molecular formula is C26H43N3O. The zero-order valence-corrected chi connectivity index (χ0v) is 19.7. The summed E-state index contributed by atoms with van der Waals surface area (Å²) in [7, 11) is 0. The molecule has 2 aromatic rings. The molecule has 0 aliphatic heterocycles. The third kappa shape index (κ3) is 7.86. The lowest BCUT2D eigenvalue weighted by molar-refractivity contribution is 0.290. The highest BCUT2D eigenvalue weighted by atomic mass is 16.1. The van der Waals surface area contributed by atoms with E-state index in [0.29, 0.717) is 0 Å². The van der Waals surface area contributed by atoms with Gasteiger partial charge < -0.3 is 9.47 Å². The Morgan fingerprint density at radius 2 is 1.43 bits per heavy atom. The Morgan fingerprint density at radius 3 is 2.07 bits per heavy atom. The molecule has 0 amide bonds. The van der Waals surface area contributed by atoms with Gasteiger partial charge in [0.2, 0.25) is 0 Å². The summed E-state index contributed by atoms with van der Waals surface area (Å²) in [4.78, 5) is 20.2. The van der Waals surface area contributed by atoms with E-state index in [2.05, 4.69) is 25.7 Å². The van der Waals surface area contributed by atoms with Crippen molar-refractivity contribution < 1.29 is 0 Å². The van der Waals surface area contributed by atoms with Crippen molar-refractivity contribution >= 4 is 11.0 Å². The first-order chi connectivity index (χ1) is 14.7. The first-order valence-corrected chi connectivity index (χ1v) is 12.4. The highest BCUT2D eigenvalue weighted by Crippen LogP contribution is 2.14. The van der Waals surface area contributed by atoms with Gasteiger partial charge in [-0.2, -0.15) is 0 Å². The predicted octanol–water partition coefficient (Wildman–Crippen LogP) is 6.20. The number of hydrogen-bond donors (Lipinski definition) is 0. The Bertz CT molecular complexity index is 779. The minimum Gasteiger partial charge on any atom is -0.304 e. The van der Waals surface area contributed by atoms with Crippen LogP contribution in [0.5, 0.6) is 0 Å². The summed E-state index contributed by atoms with van der Waals surface area (Å²) < 4.78 is 1.95. The van der Waals surface area contributed by atoms with Crippen molar-refractivity contribution in [1.82, 2.24) is 14.5 Å². The number of fused-ring (bicyclic) bond motifs is 1. The van der Waals surface area contributed by atoms with Gasteiger partial charge in [0.05, 0.1) is 11.0 Å². The molecule has 0 radical (unpaired) electrons. The van der Waals surface area contributed by atoms with Crippen molar-refractivity contribution in [2.24, 2.45) is 0 Å². The Kier molecular flexibility index (Phi) is 11.8. The largest absolute Gasteiger partial charge is 0.304 e. The number of rotatable bonds is 16. The van der Waals surface area contributed by atoms with E-state index in [1.54, 1.807) is 0 Å². The number of hydrogen-bond acceptors (Lipinski definition) is 3. The normalized spacial score (nSPS) is 11.6. The fourth-order valence-electron chi connectivity index (χ4n) is 4.19. The monoisotopic (exact) mass is 413 g/mol. The van der Waals surface area contributed by atoms with E-state index in [1.165, 1.54) is 57.8 Å². The standard InChI is InChI=1S/C26H43N3O/c1-4-7-8-9-10-11-12-13-14-15-19-24-26(30)29(22-21-28(5-2)6-3)25-20-17-16-18-23(25)27-24/h16-18,20H,4-15,19,21-22H2,1-3H3. The molecule has 4 nitrogen and oxygen atoms in total. The van der Waals surface area contributed by atoms with Crippen LogP contribution in [0.2, 0.25) is 0 Å². The van der Waals surface area contributed by atoms with Gasteiger partial charge in [-0.05, 0) is 38.1 Å². The maximum absolute atomic E-state index is 13.1. The van der Waals surface area contributed by atoms with Crippen LogP contribution >= 0.6 is 0 Å². The second kappa shape index (κ2) is 14.3. The molecule has 0 aliphatic carbocycles. The lowest BCUT2D eigenvalue weighted by Crippen LogP contribution is -2.33. The Labute approximate surface area is 183 Å². The molecule has 0 aliphatic rings. The molecular weight excluding hydrogens is 370 g/mol. The van der Waals surface area contributed by atoms with E-state index in [1.807, 2.05) is 28.8 Å². The van der Waals surface area contributed by atoms with Gasteiger partial charge in [-0.3, -0.25) is 4.79 Å². The zero-order valence-electron chi connectivity index (χ0n) is 19.7. The Morgan fingerprint density at radius 1 is 0.833 bits per heavy atom. The molecule has 0 spiro atoms. The molecule has 1 heterocycles. The molecule has 0 unspecified atom stereocenters. The van der Waals surface area contributed by atoms with E-state index in [-0.39, 0.29) is 5.56 Å². The molecule has 1 aromatic heterocycles. The smallest absolute Gasteiger partial charge is 0.272 e.